The predicted octanol–water partition coefficient (Wildman–Crippen LogP) is 4.64. The average Bonchev–Trinajstić information content (AvgIpc) is 3.21. The SMILES string of the molecule is Cc1ccc2nc(-c3cccnc3)cc(C(=O)NCCc3cccs3)c2c1. The van der Waals surface area contributed by atoms with Crippen molar-refractivity contribution < 1.29 is 4.79 Å². The molecule has 27 heavy (non-hydrogen) atoms. The Kier molecular flexibility index (Phi) is 4.94. The molecule has 0 atom stereocenters. The van der Waals surface area contributed by atoms with E-state index in [0.29, 0.717) is 12.1 Å². The smallest absolute Gasteiger partial charge is 0.252 e. The summed E-state index contributed by atoms with van der Waals surface area (Å²) in [5, 5.41) is 5.98. The Morgan fingerprint density at radius 1 is 1.15 bits per heavy atom. The minimum Gasteiger partial charge on any atom is -0.352 e. The molecule has 3 aromatic heterocycles. The van der Waals surface area contributed by atoms with Gasteiger partial charge < -0.3 is 5.32 Å². The second kappa shape index (κ2) is 7.68. The number of carbonyl (C=O) groups is 1. The van der Waals surface area contributed by atoms with E-state index < -0.39 is 0 Å². The Hall–Kier alpha value is -3.05. The first-order chi connectivity index (χ1) is 13.2. The quantitative estimate of drug-likeness (QED) is 0.554. The number of benzene rings is 1. The van der Waals surface area contributed by atoms with E-state index in [1.54, 1.807) is 23.7 Å². The van der Waals surface area contributed by atoms with Gasteiger partial charge in [-0.05, 0) is 55.1 Å². The Morgan fingerprint density at radius 3 is 2.85 bits per heavy atom. The molecule has 4 aromatic rings. The normalized spacial score (nSPS) is 10.9. The van der Waals surface area contributed by atoms with Crippen LogP contribution in [-0.2, 0) is 6.42 Å². The van der Waals surface area contributed by atoms with Crippen LogP contribution in [0.25, 0.3) is 22.2 Å². The summed E-state index contributed by atoms with van der Waals surface area (Å²) in [5.41, 5.74) is 4.21. The third-order valence-corrected chi connectivity index (χ3v) is 5.34. The highest BCUT2D eigenvalue weighted by molar-refractivity contribution is 7.09. The van der Waals surface area contributed by atoms with Crippen LogP contribution in [0, 0.1) is 6.92 Å². The van der Waals surface area contributed by atoms with Gasteiger partial charge in [0.1, 0.15) is 0 Å². The van der Waals surface area contributed by atoms with Gasteiger partial charge in [0.25, 0.3) is 5.91 Å². The Balaban J connectivity index is 1.68. The molecule has 1 N–H and O–H groups in total. The van der Waals surface area contributed by atoms with Gasteiger partial charge in [0, 0.05) is 34.8 Å². The number of thiophene rings is 1. The van der Waals surface area contributed by atoms with Crippen LogP contribution in [0.3, 0.4) is 0 Å². The molecule has 0 saturated carbocycles. The van der Waals surface area contributed by atoms with E-state index >= 15 is 0 Å². The highest BCUT2D eigenvalue weighted by atomic mass is 32.1. The van der Waals surface area contributed by atoms with Crippen molar-refractivity contribution >= 4 is 28.1 Å². The fraction of sp³-hybridized carbons (Fsp3) is 0.136. The molecule has 0 aliphatic rings. The number of nitrogens with one attached hydrogen (secondary N) is 1. The van der Waals surface area contributed by atoms with E-state index in [9.17, 15) is 4.79 Å². The van der Waals surface area contributed by atoms with Crippen molar-refractivity contribution in [3.05, 3.63) is 82.3 Å². The molecular formula is C22H19N3OS. The van der Waals surface area contributed by atoms with Gasteiger partial charge in [-0.1, -0.05) is 17.7 Å². The number of aromatic nitrogens is 2. The Bertz CT molecular complexity index is 1080. The van der Waals surface area contributed by atoms with Gasteiger partial charge in [0.2, 0.25) is 0 Å². The lowest BCUT2D eigenvalue weighted by Crippen LogP contribution is -2.26. The van der Waals surface area contributed by atoms with Gasteiger partial charge in [0.05, 0.1) is 16.8 Å². The minimum atomic E-state index is -0.0744. The lowest BCUT2D eigenvalue weighted by Gasteiger charge is -2.11. The molecule has 5 heteroatoms. The van der Waals surface area contributed by atoms with Crippen LogP contribution in [0.15, 0.2) is 66.3 Å². The van der Waals surface area contributed by atoms with Gasteiger partial charge >= 0.3 is 0 Å². The van der Waals surface area contributed by atoms with Gasteiger partial charge in [-0.15, -0.1) is 11.3 Å². The summed E-state index contributed by atoms with van der Waals surface area (Å²) in [4.78, 5) is 23.1. The number of fused-ring (bicyclic) bond motifs is 1. The van der Waals surface area contributed by atoms with Gasteiger partial charge in [0.15, 0.2) is 0 Å². The number of nitrogens with zero attached hydrogens (tertiary/aromatic N) is 2. The standard InChI is InChI=1S/C22H19N3OS/c1-15-6-7-20-18(12-15)19(13-21(25-20)16-4-2-9-23-14-16)22(26)24-10-8-17-5-3-11-27-17/h2-7,9,11-14H,8,10H2,1H3,(H,24,26). The lowest BCUT2D eigenvalue weighted by atomic mass is 10.0. The maximum absolute atomic E-state index is 12.9. The van der Waals surface area contributed by atoms with Crippen molar-refractivity contribution in [1.29, 1.82) is 0 Å². The molecular weight excluding hydrogens is 354 g/mol. The number of carbonyl (C=O) groups excluding carboxylic acids is 1. The number of aryl methyl sites for hydroxylation is 1. The molecule has 0 fully saturated rings. The third-order valence-electron chi connectivity index (χ3n) is 4.40. The molecule has 3 heterocycles. The van der Waals surface area contributed by atoms with Gasteiger partial charge in [-0.2, -0.15) is 0 Å². The second-order valence-electron chi connectivity index (χ2n) is 6.40. The number of rotatable bonds is 5. The minimum absolute atomic E-state index is 0.0744. The summed E-state index contributed by atoms with van der Waals surface area (Å²) in [6.45, 7) is 2.63. The van der Waals surface area contributed by atoms with Crippen LogP contribution in [0.4, 0.5) is 0 Å². The Labute approximate surface area is 161 Å². The van der Waals surface area contributed by atoms with Crippen molar-refractivity contribution in [3.63, 3.8) is 0 Å². The molecule has 0 unspecified atom stereocenters. The molecule has 1 amide bonds. The zero-order chi connectivity index (χ0) is 18.6. The lowest BCUT2D eigenvalue weighted by molar-refractivity contribution is 0.0956. The summed E-state index contributed by atoms with van der Waals surface area (Å²) in [5.74, 6) is -0.0744. The van der Waals surface area contributed by atoms with E-state index in [1.165, 1.54) is 4.88 Å². The summed E-state index contributed by atoms with van der Waals surface area (Å²) in [6, 6.07) is 15.8. The fourth-order valence-corrected chi connectivity index (χ4v) is 3.75. The number of hydrogen-bond donors (Lipinski definition) is 1. The Morgan fingerprint density at radius 2 is 2.07 bits per heavy atom. The number of hydrogen-bond acceptors (Lipinski definition) is 4. The molecule has 4 rings (SSSR count). The largest absolute Gasteiger partial charge is 0.352 e. The van der Waals surface area contributed by atoms with E-state index in [1.807, 2.05) is 49.4 Å². The monoisotopic (exact) mass is 373 g/mol. The topological polar surface area (TPSA) is 54.9 Å². The molecule has 0 saturated heterocycles. The maximum atomic E-state index is 12.9. The maximum Gasteiger partial charge on any atom is 0.252 e. The molecule has 0 bridgehead atoms. The van der Waals surface area contributed by atoms with Crippen molar-refractivity contribution in [2.45, 2.75) is 13.3 Å². The van der Waals surface area contributed by atoms with Gasteiger partial charge in [-0.3, -0.25) is 9.78 Å². The molecule has 0 aliphatic heterocycles. The second-order valence-corrected chi connectivity index (χ2v) is 7.43. The molecule has 0 radical (unpaired) electrons. The van der Waals surface area contributed by atoms with Crippen LogP contribution >= 0.6 is 11.3 Å². The van der Waals surface area contributed by atoms with Crippen molar-refractivity contribution in [1.82, 2.24) is 15.3 Å². The highest BCUT2D eigenvalue weighted by Crippen LogP contribution is 2.25. The predicted molar refractivity (Wildman–Crippen MR) is 110 cm³/mol. The molecule has 4 nitrogen and oxygen atoms in total. The molecule has 0 aliphatic carbocycles. The first kappa shape index (κ1) is 17.4. The number of pyridine rings is 2. The van der Waals surface area contributed by atoms with Crippen LogP contribution in [0.2, 0.25) is 0 Å². The van der Waals surface area contributed by atoms with E-state index in [-0.39, 0.29) is 5.91 Å². The van der Waals surface area contributed by atoms with Crippen LogP contribution in [-0.4, -0.2) is 22.4 Å². The van der Waals surface area contributed by atoms with Crippen LogP contribution in [0.5, 0.6) is 0 Å². The number of amides is 1. The van der Waals surface area contributed by atoms with Crippen molar-refractivity contribution in [3.8, 4) is 11.3 Å². The highest BCUT2D eigenvalue weighted by Gasteiger charge is 2.14. The molecule has 1 aromatic carbocycles. The summed E-state index contributed by atoms with van der Waals surface area (Å²) >= 11 is 1.71. The van der Waals surface area contributed by atoms with E-state index in [4.69, 9.17) is 4.98 Å². The summed E-state index contributed by atoms with van der Waals surface area (Å²) < 4.78 is 0. The van der Waals surface area contributed by atoms with E-state index in [0.717, 1.165) is 34.1 Å². The van der Waals surface area contributed by atoms with Crippen LogP contribution < -0.4 is 5.32 Å². The zero-order valence-electron chi connectivity index (χ0n) is 15.0. The fourth-order valence-electron chi connectivity index (χ4n) is 3.04. The first-order valence-corrected chi connectivity index (χ1v) is 9.71. The van der Waals surface area contributed by atoms with E-state index in [2.05, 4.69) is 21.7 Å². The summed E-state index contributed by atoms with van der Waals surface area (Å²) in [7, 11) is 0. The average molecular weight is 373 g/mol. The first-order valence-electron chi connectivity index (χ1n) is 8.83. The van der Waals surface area contributed by atoms with Crippen molar-refractivity contribution in [2.24, 2.45) is 0 Å². The van der Waals surface area contributed by atoms with Crippen LogP contribution in [0.1, 0.15) is 20.8 Å². The van der Waals surface area contributed by atoms with Gasteiger partial charge in [-0.25, -0.2) is 4.98 Å². The summed E-state index contributed by atoms with van der Waals surface area (Å²) in [6.07, 6.45) is 4.33. The third kappa shape index (κ3) is 3.88. The van der Waals surface area contributed by atoms with Crippen molar-refractivity contribution in [2.75, 3.05) is 6.54 Å². The zero-order valence-corrected chi connectivity index (χ0v) is 15.8. The molecule has 0 spiro atoms. The molecule has 134 valence electrons.